The number of carboxylic acids is 1. The molecule has 1 atom stereocenters. The number of aryl methyl sites for hydroxylation is 1. The van der Waals surface area contributed by atoms with Crippen molar-refractivity contribution in [3.63, 3.8) is 0 Å². The largest absolute Gasteiger partial charge is 0.508 e. The standard InChI is InChI=1S/C14H17NO4/c1-9-8-10(5-6-12(9)16)13(17)15-7-3-2-4-11(15)14(18)19/h5-6,8,11,16H,2-4,7H2,1H3,(H,18,19). The van der Waals surface area contributed by atoms with Crippen LogP contribution in [0.3, 0.4) is 0 Å². The molecule has 102 valence electrons. The van der Waals surface area contributed by atoms with Gasteiger partial charge in [0.25, 0.3) is 5.91 Å². The van der Waals surface area contributed by atoms with Gasteiger partial charge < -0.3 is 15.1 Å². The quantitative estimate of drug-likeness (QED) is 0.852. The van der Waals surface area contributed by atoms with Crippen molar-refractivity contribution in [1.82, 2.24) is 4.90 Å². The zero-order valence-corrected chi connectivity index (χ0v) is 10.8. The average molecular weight is 263 g/mol. The highest BCUT2D eigenvalue weighted by Gasteiger charge is 2.32. The van der Waals surface area contributed by atoms with Gasteiger partial charge in [0.05, 0.1) is 0 Å². The number of phenolic OH excluding ortho intramolecular Hbond substituents is 1. The van der Waals surface area contributed by atoms with E-state index in [1.807, 2.05) is 0 Å². The third-order valence-corrected chi connectivity index (χ3v) is 3.49. The number of likely N-dealkylation sites (tertiary alicyclic amines) is 1. The van der Waals surface area contributed by atoms with E-state index < -0.39 is 12.0 Å². The smallest absolute Gasteiger partial charge is 0.326 e. The van der Waals surface area contributed by atoms with E-state index in [4.69, 9.17) is 5.11 Å². The van der Waals surface area contributed by atoms with Gasteiger partial charge in [0.2, 0.25) is 0 Å². The van der Waals surface area contributed by atoms with Gasteiger partial charge in [0.1, 0.15) is 11.8 Å². The van der Waals surface area contributed by atoms with Crippen molar-refractivity contribution in [1.29, 1.82) is 0 Å². The number of carbonyl (C=O) groups is 2. The zero-order chi connectivity index (χ0) is 14.0. The Morgan fingerprint density at radius 2 is 2.05 bits per heavy atom. The van der Waals surface area contributed by atoms with Crippen LogP contribution in [-0.2, 0) is 4.79 Å². The van der Waals surface area contributed by atoms with Crippen LogP contribution in [0.4, 0.5) is 0 Å². The van der Waals surface area contributed by atoms with Crippen LogP contribution in [0, 0.1) is 6.92 Å². The topological polar surface area (TPSA) is 77.8 Å². The fourth-order valence-corrected chi connectivity index (χ4v) is 2.39. The number of carboxylic acid groups (broad SMARTS) is 1. The van der Waals surface area contributed by atoms with Gasteiger partial charge in [-0.1, -0.05) is 0 Å². The Morgan fingerprint density at radius 1 is 1.32 bits per heavy atom. The Kier molecular flexibility index (Phi) is 3.74. The van der Waals surface area contributed by atoms with E-state index >= 15 is 0 Å². The van der Waals surface area contributed by atoms with E-state index in [0.29, 0.717) is 24.1 Å². The summed E-state index contributed by atoms with van der Waals surface area (Å²) in [5.41, 5.74) is 1.03. The molecular weight excluding hydrogens is 246 g/mol. The fourth-order valence-electron chi connectivity index (χ4n) is 2.39. The molecule has 1 aromatic rings. The highest BCUT2D eigenvalue weighted by atomic mass is 16.4. The summed E-state index contributed by atoms with van der Waals surface area (Å²) in [7, 11) is 0. The highest BCUT2D eigenvalue weighted by molar-refractivity contribution is 5.97. The van der Waals surface area contributed by atoms with Crippen molar-refractivity contribution in [3.05, 3.63) is 29.3 Å². The van der Waals surface area contributed by atoms with E-state index in [0.717, 1.165) is 12.8 Å². The Hall–Kier alpha value is -2.04. The molecule has 0 radical (unpaired) electrons. The average Bonchev–Trinajstić information content (AvgIpc) is 2.41. The van der Waals surface area contributed by atoms with Crippen LogP contribution in [0.1, 0.15) is 35.2 Å². The molecule has 1 aromatic carbocycles. The van der Waals surface area contributed by atoms with Gasteiger partial charge in [0, 0.05) is 12.1 Å². The third kappa shape index (κ3) is 2.70. The zero-order valence-electron chi connectivity index (χ0n) is 10.8. The molecule has 1 saturated heterocycles. The van der Waals surface area contributed by atoms with E-state index in [1.54, 1.807) is 13.0 Å². The minimum absolute atomic E-state index is 0.130. The first-order valence-corrected chi connectivity index (χ1v) is 6.34. The van der Waals surface area contributed by atoms with Crippen molar-refractivity contribution in [2.24, 2.45) is 0 Å². The molecule has 0 aromatic heterocycles. The van der Waals surface area contributed by atoms with E-state index in [9.17, 15) is 14.7 Å². The lowest BCUT2D eigenvalue weighted by atomic mass is 10.0. The molecule has 19 heavy (non-hydrogen) atoms. The Balaban J connectivity index is 2.26. The number of aliphatic carboxylic acids is 1. The third-order valence-electron chi connectivity index (χ3n) is 3.49. The van der Waals surface area contributed by atoms with Crippen LogP contribution in [0.5, 0.6) is 5.75 Å². The minimum Gasteiger partial charge on any atom is -0.508 e. The molecule has 1 amide bonds. The molecule has 1 heterocycles. The maximum absolute atomic E-state index is 12.4. The predicted molar refractivity (Wildman–Crippen MR) is 69.2 cm³/mol. The minimum atomic E-state index is -0.955. The first-order valence-electron chi connectivity index (χ1n) is 6.34. The van der Waals surface area contributed by atoms with Crippen molar-refractivity contribution < 1.29 is 19.8 Å². The number of nitrogens with zero attached hydrogens (tertiary/aromatic N) is 1. The number of benzene rings is 1. The second-order valence-corrected chi connectivity index (χ2v) is 4.85. The lowest BCUT2D eigenvalue weighted by molar-refractivity contribution is -0.143. The Morgan fingerprint density at radius 3 is 2.68 bits per heavy atom. The van der Waals surface area contributed by atoms with Crippen LogP contribution < -0.4 is 0 Å². The molecule has 5 heteroatoms. The number of amides is 1. The number of rotatable bonds is 2. The molecule has 0 spiro atoms. The summed E-state index contributed by atoms with van der Waals surface area (Å²) >= 11 is 0. The summed E-state index contributed by atoms with van der Waals surface area (Å²) in [6, 6.07) is 3.83. The summed E-state index contributed by atoms with van der Waals surface area (Å²) in [4.78, 5) is 25.0. The number of carbonyl (C=O) groups excluding carboxylic acids is 1. The van der Waals surface area contributed by atoms with Crippen LogP contribution in [-0.4, -0.2) is 39.6 Å². The summed E-state index contributed by atoms with van der Waals surface area (Å²) < 4.78 is 0. The first-order chi connectivity index (χ1) is 9.00. The SMILES string of the molecule is Cc1cc(C(=O)N2CCCCC2C(=O)O)ccc1O. The number of hydrogen-bond donors (Lipinski definition) is 2. The predicted octanol–water partition coefficient (Wildman–Crippen LogP) is 1.78. The molecule has 0 saturated carbocycles. The van der Waals surface area contributed by atoms with Crippen LogP contribution in [0.15, 0.2) is 18.2 Å². The van der Waals surface area contributed by atoms with Crippen LogP contribution >= 0.6 is 0 Å². The second kappa shape index (κ2) is 5.30. The monoisotopic (exact) mass is 263 g/mol. The number of hydrogen-bond acceptors (Lipinski definition) is 3. The molecule has 2 N–H and O–H groups in total. The van der Waals surface area contributed by atoms with E-state index in [2.05, 4.69) is 0 Å². The molecule has 1 aliphatic heterocycles. The van der Waals surface area contributed by atoms with Gasteiger partial charge >= 0.3 is 5.97 Å². The van der Waals surface area contributed by atoms with Crippen LogP contribution in [0.25, 0.3) is 0 Å². The van der Waals surface area contributed by atoms with Crippen molar-refractivity contribution in [2.45, 2.75) is 32.2 Å². The lowest BCUT2D eigenvalue weighted by Gasteiger charge is -2.33. The lowest BCUT2D eigenvalue weighted by Crippen LogP contribution is -2.47. The van der Waals surface area contributed by atoms with Crippen LogP contribution in [0.2, 0.25) is 0 Å². The maximum atomic E-state index is 12.4. The van der Waals surface area contributed by atoms with Crippen molar-refractivity contribution in [3.8, 4) is 5.75 Å². The first kappa shape index (κ1) is 13.4. The number of piperidine rings is 1. The van der Waals surface area contributed by atoms with Gasteiger partial charge in [-0.25, -0.2) is 4.79 Å². The number of phenols is 1. The second-order valence-electron chi connectivity index (χ2n) is 4.85. The van der Waals surface area contributed by atoms with E-state index in [-0.39, 0.29) is 11.7 Å². The normalized spacial score (nSPS) is 19.2. The molecule has 2 rings (SSSR count). The molecular formula is C14H17NO4. The molecule has 0 aliphatic carbocycles. The Bertz CT molecular complexity index is 512. The molecule has 5 nitrogen and oxygen atoms in total. The van der Waals surface area contributed by atoms with Crippen molar-refractivity contribution in [2.75, 3.05) is 6.54 Å². The molecule has 1 unspecified atom stereocenters. The maximum Gasteiger partial charge on any atom is 0.326 e. The van der Waals surface area contributed by atoms with Gasteiger partial charge in [-0.05, 0) is 49.9 Å². The molecule has 0 bridgehead atoms. The highest BCUT2D eigenvalue weighted by Crippen LogP contribution is 2.22. The van der Waals surface area contributed by atoms with Gasteiger partial charge in [0.15, 0.2) is 0 Å². The van der Waals surface area contributed by atoms with Gasteiger partial charge in [-0.2, -0.15) is 0 Å². The fraction of sp³-hybridized carbons (Fsp3) is 0.429. The van der Waals surface area contributed by atoms with Crippen molar-refractivity contribution >= 4 is 11.9 Å². The molecule has 1 aliphatic rings. The molecule has 1 fully saturated rings. The summed E-state index contributed by atoms with van der Waals surface area (Å²) in [6.45, 7) is 2.17. The van der Waals surface area contributed by atoms with E-state index in [1.165, 1.54) is 17.0 Å². The number of aromatic hydroxyl groups is 1. The Labute approximate surface area is 111 Å². The summed E-state index contributed by atoms with van der Waals surface area (Å²) in [5, 5.41) is 18.6. The summed E-state index contributed by atoms with van der Waals surface area (Å²) in [5.74, 6) is -1.11. The van der Waals surface area contributed by atoms with Gasteiger partial charge in [-0.3, -0.25) is 4.79 Å². The summed E-state index contributed by atoms with van der Waals surface area (Å²) in [6.07, 6.45) is 2.15. The van der Waals surface area contributed by atoms with Gasteiger partial charge in [-0.15, -0.1) is 0 Å².